The van der Waals surface area contributed by atoms with Gasteiger partial charge < -0.3 is 5.32 Å². The van der Waals surface area contributed by atoms with Crippen molar-refractivity contribution in [1.82, 2.24) is 9.97 Å². The summed E-state index contributed by atoms with van der Waals surface area (Å²) in [6.07, 6.45) is 6.06. The molecule has 3 rings (SSSR count). The summed E-state index contributed by atoms with van der Waals surface area (Å²) in [5.74, 6) is 2.59. The molecule has 21 heavy (non-hydrogen) atoms. The van der Waals surface area contributed by atoms with E-state index in [4.69, 9.17) is 9.97 Å². The normalized spacial score (nSPS) is 15.5. The second-order valence-electron chi connectivity index (χ2n) is 5.46. The maximum atomic E-state index is 4.92. The van der Waals surface area contributed by atoms with Gasteiger partial charge in [0.1, 0.15) is 11.6 Å². The van der Waals surface area contributed by atoms with Gasteiger partial charge >= 0.3 is 0 Å². The van der Waals surface area contributed by atoms with E-state index in [0.717, 1.165) is 24.6 Å². The number of anilines is 1. The van der Waals surface area contributed by atoms with E-state index in [1.54, 1.807) is 11.3 Å². The van der Waals surface area contributed by atoms with Crippen molar-refractivity contribution in [3.05, 3.63) is 37.5 Å². The molecule has 112 valence electrons. The van der Waals surface area contributed by atoms with Gasteiger partial charge in [-0.15, -0.1) is 11.3 Å². The van der Waals surface area contributed by atoms with E-state index in [0.29, 0.717) is 5.92 Å². The standard InChI is InChI=1S/C16H20IN3S/c1-2-18-16-14(17)15(11-6-3-4-7-11)19-13(20-16)10-12-8-5-9-21-12/h5,8-9,11H,2-4,6-7,10H2,1H3,(H,18,19,20). The van der Waals surface area contributed by atoms with Gasteiger partial charge in [-0.2, -0.15) is 0 Å². The van der Waals surface area contributed by atoms with Crippen molar-refractivity contribution in [2.24, 2.45) is 0 Å². The minimum Gasteiger partial charge on any atom is -0.369 e. The largest absolute Gasteiger partial charge is 0.369 e. The van der Waals surface area contributed by atoms with Crippen LogP contribution >= 0.6 is 33.9 Å². The molecule has 0 bridgehead atoms. The summed E-state index contributed by atoms with van der Waals surface area (Å²) in [4.78, 5) is 11.0. The number of aromatic nitrogens is 2. The fraction of sp³-hybridized carbons (Fsp3) is 0.500. The van der Waals surface area contributed by atoms with Crippen LogP contribution in [-0.4, -0.2) is 16.5 Å². The zero-order chi connectivity index (χ0) is 14.7. The van der Waals surface area contributed by atoms with Crippen molar-refractivity contribution in [3.63, 3.8) is 0 Å². The molecule has 0 amide bonds. The molecule has 5 heteroatoms. The molecule has 1 aliphatic carbocycles. The van der Waals surface area contributed by atoms with Gasteiger partial charge in [0, 0.05) is 23.8 Å². The molecule has 0 radical (unpaired) electrons. The third-order valence-corrected chi connectivity index (χ3v) is 5.86. The lowest BCUT2D eigenvalue weighted by molar-refractivity contribution is 0.681. The highest BCUT2D eigenvalue weighted by molar-refractivity contribution is 14.1. The molecule has 0 saturated heterocycles. The van der Waals surface area contributed by atoms with Crippen molar-refractivity contribution in [2.75, 3.05) is 11.9 Å². The Hall–Kier alpha value is -0.690. The van der Waals surface area contributed by atoms with Gasteiger partial charge in [0.05, 0.1) is 9.26 Å². The van der Waals surface area contributed by atoms with Crippen molar-refractivity contribution in [2.45, 2.75) is 44.9 Å². The van der Waals surface area contributed by atoms with Crippen LogP contribution in [0.25, 0.3) is 0 Å². The Kier molecular flexibility index (Phi) is 5.11. The molecule has 0 aliphatic heterocycles. The molecular weight excluding hydrogens is 393 g/mol. The monoisotopic (exact) mass is 413 g/mol. The average molecular weight is 413 g/mol. The highest BCUT2D eigenvalue weighted by Gasteiger charge is 2.23. The Morgan fingerprint density at radius 3 is 2.81 bits per heavy atom. The van der Waals surface area contributed by atoms with Gasteiger partial charge in [-0.25, -0.2) is 9.97 Å². The van der Waals surface area contributed by atoms with E-state index in [1.165, 1.54) is 39.8 Å². The number of halogens is 1. The fourth-order valence-corrected chi connectivity index (χ4v) is 4.49. The van der Waals surface area contributed by atoms with Crippen molar-refractivity contribution >= 4 is 39.7 Å². The number of nitrogens with zero attached hydrogens (tertiary/aromatic N) is 2. The summed E-state index contributed by atoms with van der Waals surface area (Å²) in [5.41, 5.74) is 1.27. The van der Waals surface area contributed by atoms with Gasteiger partial charge in [0.15, 0.2) is 0 Å². The molecule has 0 spiro atoms. The number of hydrogen-bond donors (Lipinski definition) is 1. The Morgan fingerprint density at radius 2 is 2.14 bits per heavy atom. The first-order chi connectivity index (χ1) is 10.3. The maximum Gasteiger partial charge on any atom is 0.143 e. The zero-order valence-corrected chi connectivity index (χ0v) is 15.2. The first-order valence-electron chi connectivity index (χ1n) is 7.60. The fourth-order valence-electron chi connectivity index (χ4n) is 2.91. The minimum atomic E-state index is 0.624. The lowest BCUT2D eigenvalue weighted by Crippen LogP contribution is -2.11. The highest BCUT2D eigenvalue weighted by atomic mass is 127. The van der Waals surface area contributed by atoms with Gasteiger partial charge in [0.25, 0.3) is 0 Å². The van der Waals surface area contributed by atoms with Crippen molar-refractivity contribution < 1.29 is 0 Å². The zero-order valence-electron chi connectivity index (χ0n) is 12.2. The summed E-state index contributed by atoms with van der Waals surface area (Å²) < 4.78 is 1.22. The van der Waals surface area contributed by atoms with Crippen LogP contribution in [0.1, 0.15) is 54.9 Å². The summed E-state index contributed by atoms with van der Waals surface area (Å²) in [6, 6.07) is 4.25. The highest BCUT2D eigenvalue weighted by Crippen LogP contribution is 2.37. The SMILES string of the molecule is CCNc1nc(Cc2cccs2)nc(C2CCCC2)c1I. The molecule has 1 aliphatic rings. The lowest BCUT2D eigenvalue weighted by Gasteiger charge is -2.16. The smallest absolute Gasteiger partial charge is 0.143 e. The number of rotatable bonds is 5. The third-order valence-electron chi connectivity index (χ3n) is 3.92. The molecule has 3 nitrogen and oxygen atoms in total. The summed E-state index contributed by atoms with van der Waals surface area (Å²) >= 11 is 4.19. The van der Waals surface area contributed by atoms with E-state index in [9.17, 15) is 0 Å². The second kappa shape index (κ2) is 7.05. The van der Waals surface area contributed by atoms with Gasteiger partial charge in [-0.1, -0.05) is 18.9 Å². The Labute approximate surface area is 143 Å². The topological polar surface area (TPSA) is 37.8 Å². The first-order valence-corrected chi connectivity index (χ1v) is 9.56. The lowest BCUT2D eigenvalue weighted by atomic mass is 10.0. The number of thiophene rings is 1. The van der Waals surface area contributed by atoms with Gasteiger partial charge in [0.2, 0.25) is 0 Å². The average Bonchev–Trinajstić information content (AvgIpc) is 3.15. The predicted octanol–water partition coefficient (Wildman–Crippen LogP) is 4.82. The molecular formula is C16H20IN3S. The molecule has 1 saturated carbocycles. The molecule has 2 aromatic rings. The minimum absolute atomic E-state index is 0.624. The van der Waals surface area contributed by atoms with Crippen LogP contribution in [0.2, 0.25) is 0 Å². The van der Waals surface area contributed by atoms with E-state index in [1.807, 2.05) is 0 Å². The van der Waals surface area contributed by atoms with Crippen LogP contribution in [0.15, 0.2) is 17.5 Å². The summed E-state index contributed by atoms with van der Waals surface area (Å²) in [5, 5.41) is 5.52. The third kappa shape index (κ3) is 3.56. The predicted molar refractivity (Wildman–Crippen MR) is 97.2 cm³/mol. The van der Waals surface area contributed by atoms with E-state index in [2.05, 4.69) is 52.3 Å². The quantitative estimate of drug-likeness (QED) is 0.715. The van der Waals surface area contributed by atoms with E-state index < -0.39 is 0 Å². The van der Waals surface area contributed by atoms with E-state index in [-0.39, 0.29) is 0 Å². The van der Waals surface area contributed by atoms with Gasteiger partial charge in [-0.05, 0) is 53.8 Å². The number of nitrogens with one attached hydrogen (secondary N) is 1. The van der Waals surface area contributed by atoms with E-state index >= 15 is 0 Å². The Bertz CT molecular complexity index is 592. The van der Waals surface area contributed by atoms with Crippen molar-refractivity contribution in [1.29, 1.82) is 0 Å². The van der Waals surface area contributed by atoms with Crippen LogP contribution in [0.3, 0.4) is 0 Å². The van der Waals surface area contributed by atoms with Crippen molar-refractivity contribution in [3.8, 4) is 0 Å². The first kappa shape index (κ1) is 15.2. The molecule has 0 atom stereocenters. The van der Waals surface area contributed by atoms with Crippen LogP contribution < -0.4 is 5.32 Å². The van der Waals surface area contributed by atoms with Crippen LogP contribution in [-0.2, 0) is 6.42 Å². The Balaban J connectivity index is 1.95. The number of hydrogen-bond acceptors (Lipinski definition) is 4. The molecule has 0 aromatic carbocycles. The molecule has 1 fully saturated rings. The van der Waals surface area contributed by atoms with Crippen LogP contribution in [0.4, 0.5) is 5.82 Å². The summed E-state index contributed by atoms with van der Waals surface area (Å²) in [6.45, 7) is 3.02. The molecule has 0 unspecified atom stereocenters. The maximum absolute atomic E-state index is 4.92. The van der Waals surface area contributed by atoms with Crippen LogP contribution in [0.5, 0.6) is 0 Å². The second-order valence-corrected chi connectivity index (χ2v) is 7.57. The molecule has 2 aromatic heterocycles. The summed E-state index contributed by atoms with van der Waals surface area (Å²) in [7, 11) is 0. The Morgan fingerprint density at radius 1 is 1.33 bits per heavy atom. The molecule has 1 N–H and O–H groups in total. The van der Waals surface area contributed by atoms with Gasteiger partial charge in [-0.3, -0.25) is 0 Å². The van der Waals surface area contributed by atoms with Crippen LogP contribution in [0, 0.1) is 3.57 Å². The molecule has 2 heterocycles.